The van der Waals surface area contributed by atoms with Crippen LogP contribution in [0.5, 0.6) is 23.0 Å². The maximum Gasteiger partial charge on any atom is 0.170 e. The Bertz CT molecular complexity index is 2740. The summed E-state index contributed by atoms with van der Waals surface area (Å²) in [7, 11) is 0. The first-order valence-corrected chi connectivity index (χ1v) is 17.9. The van der Waals surface area contributed by atoms with Gasteiger partial charge in [0, 0.05) is 17.1 Å². The van der Waals surface area contributed by atoms with Crippen molar-refractivity contribution in [1.29, 1.82) is 0 Å². The van der Waals surface area contributed by atoms with Crippen molar-refractivity contribution in [2.24, 2.45) is 0 Å². The van der Waals surface area contributed by atoms with Crippen molar-refractivity contribution in [3.05, 3.63) is 200 Å². The van der Waals surface area contributed by atoms with Gasteiger partial charge in [0.05, 0.1) is 5.39 Å². The molecule has 0 aliphatic carbocycles. The second-order valence-electron chi connectivity index (χ2n) is 13.3. The monoisotopic (exact) mass is 679 g/mol. The van der Waals surface area contributed by atoms with E-state index in [0.717, 1.165) is 61.6 Å². The van der Waals surface area contributed by atoms with Crippen LogP contribution < -0.4 is 14.4 Å². The molecule has 250 valence electrons. The van der Waals surface area contributed by atoms with Crippen LogP contribution in [0.1, 0.15) is 0 Å². The summed E-state index contributed by atoms with van der Waals surface area (Å²) in [5.74, 6) is 3.02. The highest BCUT2D eigenvalue weighted by molar-refractivity contribution is 5.97. The fourth-order valence-electron chi connectivity index (χ4n) is 7.48. The fourth-order valence-corrected chi connectivity index (χ4v) is 7.48. The summed E-state index contributed by atoms with van der Waals surface area (Å²) in [5.41, 5.74) is 10.2. The van der Waals surface area contributed by atoms with Crippen LogP contribution in [0.2, 0.25) is 0 Å². The van der Waals surface area contributed by atoms with Gasteiger partial charge < -0.3 is 14.4 Å². The molecule has 0 unspecified atom stereocenters. The molecule has 0 radical (unpaired) electrons. The molecular formula is C50H33NO2. The SMILES string of the molecule is c1ccc(N(c2ccc(-c3ccc(-c4ccc5c(c4)Oc4cccc6cccc(c46)O5)cc3)cc2)c2ccc(-c3cccc4ccccc34)cc2)cc1. The van der Waals surface area contributed by atoms with Gasteiger partial charge in [0.2, 0.25) is 0 Å². The van der Waals surface area contributed by atoms with Gasteiger partial charge in [-0.05, 0) is 110 Å². The molecular weight excluding hydrogens is 647 g/mol. The summed E-state index contributed by atoms with van der Waals surface area (Å²) in [6.07, 6.45) is 0. The minimum Gasteiger partial charge on any atom is -0.453 e. The van der Waals surface area contributed by atoms with Crippen molar-refractivity contribution >= 4 is 38.6 Å². The highest BCUT2D eigenvalue weighted by Crippen LogP contribution is 2.47. The number of ether oxygens (including phenoxy) is 2. The highest BCUT2D eigenvalue weighted by Gasteiger charge is 2.19. The first-order valence-electron chi connectivity index (χ1n) is 17.9. The lowest BCUT2D eigenvalue weighted by atomic mass is 9.98. The van der Waals surface area contributed by atoms with E-state index in [0.29, 0.717) is 11.5 Å². The van der Waals surface area contributed by atoms with Crippen LogP contribution in [-0.4, -0.2) is 0 Å². The van der Waals surface area contributed by atoms with Crippen molar-refractivity contribution in [1.82, 2.24) is 0 Å². The molecule has 1 aliphatic rings. The van der Waals surface area contributed by atoms with Crippen molar-refractivity contribution in [2.75, 3.05) is 4.90 Å². The van der Waals surface area contributed by atoms with Gasteiger partial charge in [0.15, 0.2) is 11.5 Å². The van der Waals surface area contributed by atoms with E-state index in [4.69, 9.17) is 9.47 Å². The standard InChI is InChI=1S/C50H33NO2/c1-2-13-41(14-3-1)51(43-30-25-38(26-31-43)45-16-6-10-37-9-4-5-15-44(37)45)42-28-23-35(24-29-42)34-19-21-36(22-20-34)40-27-32-46-49(33-40)53-48-18-8-12-39-11-7-17-47(52-46)50(39)48/h1-33H. The second-order valence-corrected chi connectivity index (χ2v) is 13.3. The summed E-state index contributed by atoms with van der Waals surface area (Å²) in [5, 5.41) is 4.59. The van der Waals surface area contributed by atoms with Crippen molar-refractivity contribution in [3.63, 3.8) is 0 Å². The van der Waals surface area contributed by atoms with Gasteiger partial charge in [-0.1, -0.05) is 140 Å². The molecule has 0 aromatic heterocycles. The van der Waals surface area contributed by atoms with Gasteiger partial charge in [0.25, 0.3) is 0 Å². The number of nitrogens with zero attached hydrogens (tertiary/aromatic N) is 1. The van der Waals surface area contributed by atoms with Gasteiger partial charge in [-0.3, -0.25) is 0 Å². The second kappa shape index (κ2) is 12.9. The maximum absolute atomic E-state index is 6.44. The Morgan fingerprint density at radius 3 is 1.49 bits per heavy atom. The molecule has 53 heavy (non-hydrogen) atoms. The van der Waals surface area contributed by atoms with Crippen LogP contribution in [0.15, 0.2) is 200 Å². The number of hydrogen-bond acceptors (Lipinski definition) is 3. The molecule has 0 N–H and O–H groups in total. The molecule has 3 nitrogen and oxygen atoms in total. The Kier molecular flexibility index (Phi) is 7.47. The van der Waals surface area contributed by atoms with Crippen LogP contribution in [0.4, 0.5) is 17.1 Å². The van der Waals surface area contributed by atoms with Crippen LogP contribution in [0.3, 0.4) is 0 Å². The first kappa shape index (κ1) is 30.7. The van der Waals surface area contributed by atoms with Crippen LogP contribution in [0.25, 0.3) is 54.9 Å². The van der Waals surface area contributed by atoms with Crippen LogP contribution in [-0.2, 0) is 0 Å². The smallest absolute Gasteiger partial charge is 0.170 e. The zero-order valence-electron chi connectivity index (χ0n) is 28.8. The Labute approximate surface area is 308 Å². The number of rotatable bonds is 6. The van der Waals surface area contributed by atoms with E-state index in [1.54, 1.807) is 0 Å². The Hall–Kier alpha value is -7.10. The number of fused-ring (bicyclic) bond motifs is 2. The molecule has 0 spiro atoms. The molecule has 0 bridgehead atoms. The molecule has 0 fully saturated rings. The number of anilines is 3. The molecule has 9 aromatic carbocycles. The molecule has 0 saturated heterocycles. The predicted octanol–water partition coefficient (Wildman–Crippen LogP) is 14.4. The summed E-state index contributed by atoms with van der Waals surface area (Å²) >= 11 is 0. The first-order chi connectivity index (χ1) is 26.2. The van der Waals surface area contributed by atoms with E-state index in [9.17, 15) is 0 Å². The minimum absolute atomic E-state index is 0.706. The van der Waals surface area contributed by atoms with E-state index in [-0.39, 0.29) is 0 Å². The van der Waals surface area contributed by atoms with E-state index in [1.165, 1.54) is 21.9 Å². The number of hydrogen-bond donors (Lipinski definition) is 0. The third kappa shape index (κ3) is 5.65. The third-order valence-electron chi connectivity index (χ3n) is 10.1. The molecule has 3 heteroatoms. The quantitative estimate of drug-likeness (QED) is 0.175. The normalized spacial score (nSPS) is 11.7. The van der Waals surface area contributed by atoms with E-state index >= 15 is 0 Å². The Balaban J connectivity index is 0.922. The summed E-state index contributed by atoms with van der Waals surface area (Å²) < 4.78 is 12.8. The average molecular weight is 680 g/mol. The zero-order valence-corrected chi connectivity index (χ0v) is 28.8. The lowest BCUT2D eigenvalue weighted by molar-refractivity contribution is 0.439. The zero-order chi connectivity index (χ0) is 35.1. The summed E-state index contributed by atoms with van der Waals surface area (Å²) in [4.78, 5) is 2.31. The van der Waals surface area contributed by atoms with E-state index in [1.807, 2.05) is 30.3 Å². The van der Waals surface area contributed by atoms with Crippen molar-refractivity contribution in [2.45, 2.75) is 0 Å². The lowest BCUT2D eigenvalue weighted by Crippen LogP contribution is -2.09. The topological polar surface area (TPSA) is 21.7 Å². The van der Waals surface area contributed by atoms with Gasteiger partial charge in [-0.25, -0.2) is 0 Å². The maximum atomic E-state index is 6.44. The minimum atomic E-state index is 0.706. The Morgan fingerprint density at radius 2 is 0.792 bits per heavy atom. The molecule has 10 rings (SSSR count). The lowest BCUT2D eigenvalue weighted by Gasteiger charge is -2.26. The van der Waals surface area contributed by atoms with Crippen molar-refractivity contribution < 1.29 is 9.47 Å². The van der Waals surface area contributed by atoms with Gasteiger partial charge in [-0.15, -0.1) is 0 Å². The van der Waals surface area contributed by atoms with E-state index in [2.05, 4.69) is 175 Å². The molecule has 0 saturated carbocycles. The van der Waals surface area contributed by atoms with Gasteiger partial charge in [0.1, 0.15) is 11.5 Å². The molecule has 9 aromatic rings. The molecule has 1 aliphatic heterocycles. The highest BCUT2D eigenvalue weighted by atomic mass is 16.5. The Morgan fingerprint density at radius 1 is 0.302 bits per heavy atom. The van der Waals surface area contributed by atoms with Gasteiger partial charge in [-0.2, -0.15) is 0 Å². The summed E-state index contributed by atoms with van der Waals surface area (Å²) in [6, 6.07) is 70.4. The average Bonchev–Trinajstić information content (AvgIpc) is 3.39. The van der Waals surface area contributed by atoms with Crippen molar-refractivity contribution in [3.8, 4) is 56.4 Å². The van der Waals surface area contributed by atoms with Gasteiger partial charge >= 0.3 is 0 Å². The van der Waals surface area contributed by atoms with Crippen LogP contribution >= 0.6 is 0 Å². The largest absolute Gasteiger partial charge is 0.453 e. The van der Waals surface area contributed by atoms with E-state index < -0.39 is 0 Å². The third-order valence-corrected chi connectivity index (χ3v) is 10.1. The van der Waals surface area contributed by atoms with Crippen LogP contribution in [0, 0.1) is 0 Å². The number of benzene rings is 9. The summed E-state index contributed by atoms with van der Waals surface area (Å²) in [6.45, 7) is 0. The fraction of sp³-hybridized carbons (Fsp3) is 0. The molecule has 0 amide bonds. The molecule has 0 atom stereocenters. The molecule has 1 heterocycles. The number of para-hydroxylation sites is 1. The predicted molar refractivity (Wildman–Crippen MR) is 219 cm³/mol.